The zero-order valence-electron chi connectivity index (χ0n) is 11.2. The molecule has 0 bridgehead atoms. The molecule has 0 fully saturated rings. The summed E-state index contributed by atoms with van der Waals surface area (Å²) in [5.41, 5.74) is 6.38. The van der Waals surface area contributed by atoms with Crippen LogP contribution in [0.2, 0.25) is 5.02 Å². The van der Waals surface area contributed by atoms with Gasteiger partial charge in [-0.05, 0) is 53.2 Å². The first-order valence-electron chi connectivity index (χ1n) is 6.20. The molecule has 0 saturated heterocycles. The number of hydrogen-bond acceptors (Lipinski definition) is 2. The molecule has 0 aliphatic heterocycles. The van der Waals surface area contributed by atoms with Crippen molar-refractivity contribution in [3.05, 3.63) is 62.6 Å². The third kappa shape index (κ3) is 3.73. The minimum absolute atomic E-state index is 0.144. The third-order valence-corrected chi connectivity index (χ3v) is 3.82. The van der Waals surface area contributed by atoms with Crippen LogP contribution >= 0.6 is 27.5 Å². The highest BCUT2D eigenvalue weighted by atomic mass is 79.9. The van der Waals surface area contributed by atoms with E-state index in [1.54, 1.807) is 25.1 Å². The van der Waals surface area contributed by atoms with Gasteiger partial charge < -0.3 is 10.5 Å². The maximum Gasteiger partial charge on any atom is 0.146 e. The van der Waals surface area contributed by atoms with Crippen molar-refractivity contribution in [1.29, 1.82) is 0 Å². The van der Waals surface area contributed by atoms with Gasteiger partial charge in [0.25, 0.3) is 0 Å². The van der Waals surface area contributed by atoms with Crippen molar-refractivity contribution in [2.24, 2.45) is 5.73 Å². The molecule has 0 aliphatic carbocycles. The monoisotopic (exact) mass is 375 g/mol. The first kappa shape index (κ1) is 16.2. The van der Waals surface area contributed by atoms with E-state index in [0.717, 1.165) is 0 Å². The van der Waals surface area contributed by atoms with Gasteiger partial charge in [0.1, 0.15) is 24.0 Å². The van der Waals surface area contributed by atoms with Gasteiger partial charge in [-0.3, -0.25) is 0 Å². The number of benzene rings is 2. The molecule has 0 spiro atoms. The van der Waals surface area contributed by atoms with Gasteiger partial charge in [0.05, 0.1) is 10.0 Å². The first-order chi connectivity index (χ1) is 9.90. The third-order valence-electron chi connectivity index (χ3n) is 2.97. The minimum Gasteiger partial charge on any atom is -0.488 e. The Labute approximate surface area is 135 Å². The van der Waals surface area contributed by atoms with Gasteiger partial charge in [0, 0.05) is 16.6 Å². The van der Waals surface area contributed by atoms with Crippen LogP contribution in [0.5, 0.6) is 5.75 Å². The second kappa shape index (κ2) is 6.73. The second-order valence-electron chi connectivity index (χ2n) is 4.58. The van der Waals surface area contributed by atoms with E-state index in [-0.39, 0.29) is 22.7 Å². The van der Waals surface area contributed by atoms with Gasteiger partial charge in [0.15, 0.2) is 0 Å². The highest BCUT2D eigenvalue weighted by molar-refractivity contribution is 9.10. The molecule has 2 aromatic carbocycles. The molecule has 2 rings (SSSR count). The van der Waals surface area contributed by atoms with Gasteiger partial charge in [-0.1, -0.05) is 11.6 Å². The molecule has 21 heavy (non-hydrogen) atoms. The number of hydrogen-bond donors (Lipinski definition) is 1. The predicted octanol–water partition coefficient (Wildman–Crippen LogP) is 4.98. The van der Waals surface area contributed by atoms with Crippen LogP contribution in [0.15, 0.2) is 34.8 Å². The van der Waals surface area contributed by atoms with Gasteiger partial charge in [0.2, 0.25) is 0 Å². The van der Waals surface area contributed by atoms with Crippen molar-refractivity contribution in [3.8, 4) is 5.75 Å². The fourth-order valence-electron chi connectivity index (χ4n) is 1.86. The minimum atomic E-state index is -0.675. The normalized spacial score (nSPS) is 12.3. The summed E-state index contributed by atoms with van der Waals surface area (Å²) >= 11 is 8.93. The quantitative estimate of drug-likeness (QED) is 0.764. The Morgan fingerprint density at radius 1 is 1.29 bits per heavy atom. The lowest BCUT2D eigenvalue weighted by molar-refractivity contribution is 0.288. The van der Waals surface area contributed by atoms with Crippen LogP contribution in [0.1, 0.15) is 24.1 Å². The summed E-state index contributed by atoms with van der Waals surface area (Å²) in [5, 5.41) is 0.523. The van der Waals surface area contributed by atoms with E-state index < -0.39 is 11.6 Å². The van der Waals surface area contributed by atoms with Gasteiger partial charge in [-0.25, -0.2) is 8.78 Å². The molecule has 2 nitrogen and oxygen atoms in total. The fraction of sp³-hybridized carbons (Fsp3) is 0.200. The van der Waals surface area contributed by atoms with Crippen molar-refractivity contribution < 1.29 is 13.5 Å². The van der Waals surface area contributed by atoms with E-state index in [0.29, 0.717) is 16.3 Å². The molecule has 2 aromatic rings. The van der Waals surface area contributed by atoms with Crippen molar-refractivity contribution in [2.45, 2.75) is 19.6 Å². The SMILES string of the molecule is C[C@@H](N)c1cc(Cl)ccc1OCc1c(F)ccc(Br)c1F. The highest BCUT2D eigenvalue weighted by Crippen LogP contribution is 2.29. The molecule has 0 amide bonds. The average molecular weight is 377 g/mol. The number of halogens is 4. The maximum atomic E-state index is 13.9. The first-order valence-corrected chi connectivity index (χ1v) is 7.37. The van der Waals surface area contributed by atoms with Crippen LogP contribution in [0.3, 0.4) is 0 Å². The molecule has 6 heteroatoms. The lowest BCUT2D eigenvalue weighted by atomic mass is 10.1. The molecule has 0 unspecified atom stereocenters. The van der Waals surface area contributed by atoms with Crippen molar-refractivity contribution in [3.63, 3.8) is 0 Å². The van der Waals surface area contributed by atoms with E-state index in [1.807, 2.05) is 0 Å². The Morgan fingerprint density at radius 3 is 2.67 bits per heavy atom. The molecule has 2 N–H and O–H groups in total. The predicted molar refractivity (Wildman–Crippen MR) is 82.4 cm³/mol. The largest absolute Gasteiger partial charge is 0.488 e. The standard InChI is InChI=1S/C15H13BrClF2NO/c1-8(20)10-6-9(17)2-5-14(10)21-7-11-13(18)4-3-12(16)15(11)19/h2-6,8H,7,20H2,1H3/t8-/m1/s1. The topological polar surface area (TPSA) is 35.2 Å². The Kier molecular flexibility index (Phi) is 5.19. The van der Waals surface area contributed by atoms with Gasteiger partial charge >= 0.3 is 0 Å². The van der Waals surface area contributed by atoms with Crippen molar-refractivity contribution in [2.75, 3.05) is 0 Å². The van der Waals surface area contributed by atoms with E-state index in [2.05, 4.69) is 15.9 Å². The Bertz CT molecular complexity index is 664. The van der Waals surface area contributed by atoms with Crippen LogP contribution in [-0.4, -0.2) is 0 Å². The van der Waals surface area contributed by atoms with Crippen LogP contribution in [0.4, 0.5) is 8.78 Å². The van der Waals surface area contributed by atoms with Crippen LogP contribution in [-0.2, 0) is 6.61 Å². The molecular formula is C15H13BrClF2NO. The molecule has 1 atom stereocenters. The molecule has 112 valence electrons. The average Bonchev–Trinajstić information content (AvgIpc) is 2.44. The van der Waals surface area contributed by atoms with Crippen molar-refractivity contribution >= 4 is 27.5 Å². The Morgan fingerprint density at radius 2 is 2.00 bits per heavy atom. The second-order valence-corrected chi connectivity index (χ2v) is 5.87. The Hall–Kier alpha value is -1.17. The summed E-state index contributed by atoms with van der Waals surface area (Å²) in [6, 6.07) is 7.13. The summed E-state index contributed by atoms with van der Waals surface area (Å²) in [6.07, 6.45) is 0. The molecular weight excluding hydrogens is 364 g/mol. The molecule has 0 saturated carbocycles. The van der Waals surface area contributed by atoms with E-state index in [4.69, 9.17) is 22.1 Å². The molecule has 0 radical (unpaired) electrons. The Balaban J connectivity index is 2.27. The summed E-state index contributed by atoms with van der Waals surface area (Å²) < 4.78 is 33.2. The van der Waals surface area contributed by atoms with Crippen LogP contribution < -0.4 is 10.5 Å². The zero-order valence-corrected chi connectivity index (χ0v) is 13.5. The van der Waals surface area contributed by atoms with Crippen LogP contribution in [0.25, 0.3) is 0 Å². The van der Waals surface area contributed by atoms with E-state index in [1.165, 1.54) is 12.1 Å². The lowest BCUT2D eigenvalue weighted by Crippen LogP contribution is -2.09. The number of rotatable bonds is 4. The van der Waals surface area contributed by atoms with Gasteiger partial charge in [-0.2, -0.15) is 0 Å². The molecule has 0 aromatic heterocycles. The van der Waals surface area contributed by atoms with Crippen LogP contribution in [0, 0.1) is 11.6 Å². The van der Waals surface area contributed by atoms with E-state index >= 15 is 0 Å². The molecule has 0 heterocycles. The highest BCUT2D eigenvalue weighted by Gasteiger charge is 2.15. The zero-order chi connectivity index (χ0) is 15.6. The fourth-order valence-corrected chi connectivity index (χ4v) is 2.41. The summed E-state index contributed by atoms with van der Waals surface area (Å²) in [7, 11) is 0. The smallest absolute Gasteiger partial charge is 0.146 e. The number of ether oxygens (including phenoxy) is 1. The van der Waals surface area contributed by atoms with E-state index in [9.17, 15) is 8.78 Å². The summed E-state index contributed by atoms with van der Waals surface area (Å²) in [6.45, 7) is 1.54. The summed E-state index contributed by atoms with van der Waals surface area (Å²) in [4.78, 5) is 0. The maximum absolute atomic E-state index is 13.9. The molecule has 0 aliphatic rings. The van der Waals surface area contributed by atoms with Crippen molar-refractivity contribution in [1.82, 2.24) is 0 Å². The number of nitrogens with two attached hydrogens (primary N) is 1. The van der Waals surface area contributed by atoms with Gasteiger partial charge in [-0.15, -0.1) is 0 Å². The summed E-state index contributed by atoms with van der Waals surface area (Å²) in [5.74, 6) is -0.883. The lowest BCUT2D eigenvalue weighted by Gasteiger charge is -2.15.